The molecule has 26 heavy (non-hydrogen) atoms. The average molecular weight is 439 g/mol. The van der Waals surface area contributed by atoms with E-state index in [9.17, 15) is 4.79 Å². The summed E-state index contributed by atoms with van der Waals surface area (Å²) in [4.78, 5) is 17.3. The Morgan fingerprint density at radius 1 is 1.15 bits per heavy atom. The number of nitrogens with zero attached hydrogens (tertiary/aromatic N) is 2. The van der Waals surface area contributed by atoms with Gasteiger partial charge in [-0.3, -0.25) is 9.69 Å². The average Bonchev–Trinajstić information content (AvgIpc) is 3.01. The molecule has 2 fully saturated rings. The van der Waals surface area contributed by atoms with Gasteiger partial charge in [-0.05, 0) is 53.0 Å². The first-order chi connectivity index (χ1) is 12.6. The Morgan fingerprint density at radius 3 is 2.54 bits per heavy atom. The van der Waals surface area contributed by atoms with Gasteiger partial charge in [-0.25, -0.2) is 0 Å². The lowest BCUT2D eigenvalue weighted by molar-refractivity contribution is 0.0995. The van der Waals surface area contributed by atoms with Crippen molar-refractivity contribution in [1.29, 1.82) is 0 Å². The van der Waals surface area contributed by atoms with Crippen LogP contribution in [0.3, 0.4) is 0 Å². The molecule has 5 nitrogen and oxygen atoms in total. The van der Waals surface area contributed by atoms with Gasteiger partial charge in [0.25, 0.3) is 5.91 Å². The molecule has 0 radical (unpaired) electrons. The molecule has 0 bridgehead atoms. The van der Waals surface area contributed by atoms with Crippen molar-refractivity contribution in [3.63, 3.8) is 0 Å². The molecule has 1 aliphatic heterocycles. The predicted octanol–water partition coefficient (Wildman–Crippen LogP) is 4.62. The minimum atomic E-state index is -0.285. The molecular formula is C19H21BrClN3O2. The summed E-state index contributed by atoms with van der Waals surface area (Å²) < 4.78 is 5.87. The number of carbonyl (C=O) groups is 1. The number of para-hydroxylation sites is 1. The second kappa shape index (κ2) is 7.62. The normalized spacial score (nSPS) is 18.6. The van der Waals surface area contributed by atoms with E-state index < -0.39 is 0 Å². The molecule has 0 unspecified atom stereocenters. The molecule has 2 heterocycles. The minimum absolute atomic E-state index is 0.262. The first kappa shape index (κ1) is 17.9. The summed E-state index contributed by atoms with van der Waals surface area (Å²) in [5.41, 5.74) is 1.61. The van der Waals surface area contributed by atoms with Gasteiger partial charge in [-0.15, -0.1) is 0 Å². The Balaban J connectivity index is 1.50. The van der Waals surface area contributed by atoms with E-state index in [0.29, 0.717) is 15.4 Å². The van der Waals surface area contributed by atoms with Crippen LogP contribution in [-0.2, 0) is 0 Å². The molecule has 138 valence electrons. The number of piperazine rings is 1. The Hall–Kier alpha value is -1.50. The Kier molecular flexibility index (Phi) is 5.25. The quantitative estimate of drug-likeness (QED) is 0.756. The molecule has 1 saturated heterocycles. The SMILES string of the molecule is O=C(Nc1cccc(Cl)c1N1CCN(C2CCC2)CC1)c1ccc(Br)o1. The van der Waals surface area contributed by atoms with Crippen LogP contribution >= 0.6 is 27.5 Å². The number of nitrogens with one attached hydrogen (secondary N) is 1. The van der Waals surface area contributed by atoms with Crippen molar-refractivity contribution in [1.82, 2.24) is 4.90 Å². The highest BCUT2D eigenvalue weighted by molar-refractivity contribution is 9.10. The molecular weight excluding hydrogens is 418 g/mol. The van der Waals surface area contributed by atoms with Gasteiger partial charge in [-0.2, -0.15) is 0 Å². The maximum absolute atomic E-state index is 12.5. The summed E-state index contributed by atoms with van der Waals surface area (Å²) in [6.07, 6.45) is 4.01. The van der Waals surface area contributed by atoms with Gasteiger partial charge in [0, 0.05) is 32.2 Å². The third-order valence-electron chi connectivity index (χ3n) is 5.25. The summed E-state index contributed by atoms with van der Waals surface area (Å²) in [5.74, 6) is -0.0232. The second-order valence-electron chi connectivity index (χ2n) is 6.80. The number of amides is 1. The predicted molar refractivity (Wildman–Crippen MR) is 107 cm³/mol. The van der Waals surface area contributed by atoms with Crippen molar-refractivity contribution in [3.8, 4) is 0 Å². The van der Waals surface area contributed by atoms with E-state index in [2.05, 4.69) is 31.0 Å². The van der Waals surface area contributed by atoms with Crippen LogP contribution < -0.4 is 10.2 Å². The van der Waals surface area contributed by atoms with Crippen LogP contribution in [0.1, 0.15) is 29.8 Å². The molecule has 7 heteroatoms. The zero-order valence-electron chi connectivity index (χ0n) is 14.4. The van der Waals surface area contributed by atoms with E-state index in [1.807, 2.05) is 18.2 Å². The van der Waals surface area contributed by atoms with Gasteiger partial charge in [0.2, 0.25) is 0 Å². The van der Waals surface area contributed by atoms with Crippen LogP contribution in [0.25, 0.3) is 0 Å². The number of hydrogen-bond acceptors (Lipinski definition) is 4. The molecule has 1 amide bonds. The van der Waals surface area contributed by atoms with Gasteiger partial charge < -0.3 is 14.6 Å². The van der Waals surface area contributed by atoms with Gasteiger partial charge in [0.15, 0.2) is 10.4 Å². The maximum atomic E-state index is 12.5. The lowest BCUT2D eigenvalue weighted by Crippen LogP contribution is -2.52. The fourth-order valence-corrected chi connectivity index (χ4v) is 4.22. The van der Waals surface area contributed by atoms with Crippen molar-refractivity contribution in [2.75, 3.05) is 36.4 Å². The molecule has 0 spiro atoms. The summed E-state index contributed by atoms with van der Waals surface area (Å²) in [6, 6.07) is 9.71. The summed E-state index contributed by atoms with van der Waals surface area (Å²) >= 11 is 9.72. The third kappa shape index (κ3) is 3.63. The number of anilines is 2. The largest absolute Gasteiger partial charge is 0.444 e. The Labute approximate surface area is 166 Å². The topological polar surface area (TPSA) is 48.7 Å². The first-order valence-corrected chi connectivity index (χ1v) is 10.1. The van der Waals surface area contributed by atoms with Crippen LogP contribution in [0, 0.1) is 0 Å². The van der Waals surface area contributed by atoms with Crippen molar-refractivity contribution < 1.29 is 9.21 Å². The molecule has 2 aliphatic rings. The number of hydrogen-bond donors (Lipinski definition) is 1. The maximum Gasteiger partial charge on any atom is 0.291 e. The third-order valence-corrected chi connectivity index (χ3v) is 5.98. The Morgan fingerprint density at radius 2 is 1.92 bits per heavy atom. The van der Waals surface area contributed by atoms with Crippen molar-refractivity contribution in [2.45, 2.75) is 25.3 Å². The van der Waals surface area contributed by atoms with Gasteiger partial charge >= 0.3 is 0 Å². The van der Waals surface area contributed by atoms with Crippen LogP contribution in [0.5, 0.6) is 0 Å². The monoisotopic (exact) mass is 437 g/mol. The van der Waals surface area contributed by atoms with E-state index in [0.717, 1.165) is 37.9 Å². The van der Waals surface area contributed by atoms with Crippen LogP contribution in [0.15, 0.2) is 39.4 Å². The molecule has 1 aliphatic carbocycles. The fraction of sp³-hybridized carbons (Fsp3) is 0.421. The van der Waals surface area contributed by atoms with Gasteiger partial charge in [0.1, 0.15) is 0 Å². The highest BCUT2D eigenvalue weighted by Crippen LogP contribution is 2.36. The van der Waals surface area contributed by atoms with Crippen molar-refractivity contribution in [2.24, 2.45) is 0 Å². The number of halogens is 2. The smallest absolute Gasteiger partial charge is 0.291 e. The van der Waals surface area contributed by atoms with Crippen LogP contribution in [0.4, 0.5) is 11.4 Å². The highest BCUT2D eigenvalue weighted by atomic mass is 79.9. The van der Waals surface area contributed by atoms with Crippen molar-refractivity contribution in [3.05, 3.63) is 45.8 Å². The fourth-order valence-electron chi connectivity index (χ4n) is 3.62. The second-order valence-corrected chi connectivity index (χ2v) is 7.99. The zero-order valence-corrected chi connectivity index (χ0v) is 16.7. The van der Waals surface area contributed by atoms with E-state index in [1.54, 1.807) is 12.1 Å². The minimum Gasteiger partial charge on any atom is -0.444 e. The number of furan rings is 1. The number of benzene rings is 1. The molecule has 0 atom stereocenters. The van der Waals surface area contributed by atoms with Crippen LogP contribution in [-0.4, -0.2) is 43.0 Å². The number of carbonyl (C=O) groups excluding carboxylic acids is 1. The summed E-state index contributed by atoms with van der Waals surface area (Å²) in [6.45, 7) is 3.90. The summed E-state index contributed by atoms with van der Waals surface area (Å²) in [7, 11) is 0. The Bertz CT molecular complexity index is 798. The molecule has 2 aromatic rings. The van der Waals surface area contributed by atoms with E-state index in [4.69, 9.17) is 16.0 Å². The van der Waals surface area contributed by atoms with E-state index in [1.165, 1.54) is 19.3 Å². The number of rotatable bonds is 4. The molecule has 1 saturated carbocycles. The van der Waals surface area contributed by atoms with E-state index in [-0.39, 0.29) is 11.7 Å². The lowest BCUT2D eigenvalue weighted by atomic mass is 9.91. The highest BCUT2D eigenvalue weighted by Gasteiger charge is 2.29. The molecule has 1 aromatic carbocycles. The first-order valence-electron chi connectivity index (χ1n) is 8.96. The van der Waals surface area contributed by atoms with Gasteiger partial charge in [0.05, 0.1) is 16.4 Å². The molecule has 4 rings (SSSR count). The lowest BCUT2D eigenvalue weighted by Gasteiger charge is -2.44. The standard InChI is InChI=1S/C19H21BrClN3O2/c20-17-8-7-16(26-17)19(25)22-15-6-2-5-14(21)18(15)24-11-9-23(10-12-24)13-3-1-4-13/h2,5-8,13H,1,3-4,9-12H2,(H,22,25). The van der Waals surface area contributed by atoms with Crippen LogP contribution in [0.2, 0.25) is 5.02 Å². The summed E-state index contributed by atoms with van der Waals surface area (Å²) in [5, 5.41) is 3.59. The molecule has 1 N–H and O–H groups in total. The van der Waals surface area contributed by atoms with Gasteiger partial charge in [-0.1, -0.05) is 24.1 Å². The van der Waals surface area contributed by atoms with Crippen molar-refractivity contribution >= 4 is 44.8 Å². The van der Waals surface area contributed by atoms with E-state index >= 15 is 0 Å². The zero-order chi connectivity index (χ0) is 18.1. The molecule has 1 aromatic heterocycles.